The average molecular weight is 242 g/mol. The minimum atomic E-state index is -0.377. The normalized spacial score (nSPS) is 31.7. The molecule has 1 aliphatic rings. The summed E-state index contributed by atoms with van der Waals surface area (Å²) in [5, 5.41) is 13.1. The van der Waals surface area contributed by atoms with Crippen molar-refractivity contribution in [2.45, 2.75) is 45.6 Å². The zero-order chi connectivity index (χ0) is 13.2. The predicted octanol–water partition coefficient (Wildman–Crippen LogP) is 4.13. The van der Waals surface area contributed by atoms with Crippen LogP contribution in [-0.2, 0) is 0 Å². The Morgan fingerprint density at radius 2 is 2.00 bits per heavy atom. The van der Waals surface area contributed by atoms with Crippen molar-refractivity contribution in [3.05, 3.63) is 29.8 Å². The molecule has 0 amide bonds. The quantitative estimate of drug-likeness (QED) is 0.846. The van der Waals surface area contributed by atoms with Gasteiger partial charge in [-0.05, 0) is 49.7 Å². The zero-order valence-electron chi connectivity index (χ0n) is 11.5. The lowest BCUT2D eigenvalue weighted by Crippen LogP contribution is -2.43. The second kappa shape index (κ2) is 5.02. The van der Waals surface area contributed by atoms with E-state index in [2.05, 4.69) is 44.3 Å². The summed E-state index contributed by atoms with van der Waals surface area (Å²) in [6, 6.07) is 10.7. The number of benzene rings is 1. The van der Waals surface area contributed by atoms with Crippen molar-refractivity contribution >= 4 is 5.69 Å². The number of hydrogen-bond acceptors (Lipinski definition) is 2. The highest BCUT2D eigenvalue weighted by atomic mass is 15.0. The molecule has 2 nitrogen and oxygen atoms in total. The Balaban J connectivity index is 2.20. The van der Waals surface area contributed by atoms with Crippen LogP contribution in [0.3, 0.4) is 0 Å². The molecule has 0 heterocycles. The molecule has 2 heteroatoms. The third-order valence-corrected chi connectivity index (χ3v) is 4.40. The van der Waals surface area contributed by atoms with Crippen LogP contribution >= 0.6 is 0 Å². The van der Waals surface area contributed by atoms with E-state index in [9.17, 15) is 5.26 Å². The van der Waals surface area contributed by atoms with Crippen molar-refractivity contribution in [3.8, 4) is 6.07 Å². The Morgan fingerprint density at radius 3 is 2.61 bits per heavy atom. The molecule has 18 heavy (non-hydrogen) atoms. The average Bonchev–Trinajstić information content (AvgIpc) is 2.37. The molecule has 1 aliphatic carbocycles. The molecule has 1 saturated carbocycles. The number of aryl methyl sites for hydroxylation is 1. The van der Waals surface area contributed by atoms with Gasteiger partial charge < -0.3 is 5.32 Å². The van der Waals surface area contributed by atoms with Gasteiger partial charge in [-0.25, -0.2) is 0 Å². The third kappa shape index (κ3) is 2.51. The van der Waals surface area contributed by atoms with Crippen LogP contribution in [0.15, 0.2) is 24.3 Å². The summed E-state index contributed by atoms with van der Waals surface area (Å²) < 4.78 is 0. The van der Waals surface area contributed by atoms with Crippen LogP contribution < -0.4 is 5.32 Å². The van der Waals surface area contributed by atoms with E-state index in [1.165, 1.54) is 5.56 Å². The second-order valence-corrected chi connectivity index (χ2v) is 5.83. The number of hydrogen-bond donors (Lipinski definition) is 1. The number of anilines is 1. The Bertz CT molecular complexity index is 460. The molecule has 0 aromatic heterocycles. The highest BCUT2D eigenvalue weighted by Gasteiger charge is 2.38. The van der Waals surface area contributed by atoms with Gasteiger partial charge in [-0.15, -0.1) is 0 Å². The number of para-hydroxylation sites is 1. The van der Waals surface area contributed by atoms with Crippen LogP contribution in [-0.4, -0.2) is 5.54 Å². The molecule has 0 radical (unpaired) electrons. The summed E-state index contributed by atoms with van der Waals surface area (Å²) >= 11 is 0. The number of nitrogens with one attached hydrogen (secondary N) is 1. The van der Waals surface area contributed by atoms with Gasteiger partial charge in [-0.1, -0.05) is 32.0 Å². The molecule has 3 unspecified atom stereocenters. The van der Waals surface area contributed by atoms with Gasteiger partial charge in [0, 0.05) is 5.69 Å². The molecule has 1 N–H and O–H groups in total. The summed E-state index contributed by atoms with van der Waals surface area (Å²) in [5.41, 5.74) is 1.93. The van der Waals surface area contributed by atoms with Gasteiger partial charge in [0.1, 0.15) is 5.54 Å². The van der Waals surface area contributed by atoms with E-state index >= 15 is 0 Å². The van der Waals surface area contributed by atoms with Crippen LogP contribution in [0.1, 0.15) is 38.7 Å². The van der Waals surface area contributed by atoms with Gasteiger partial charge in [0.15, 0.2) is 0 Å². The summed E-state index contributed by atoms with van der Waals surface area (Å²) in [7, 11) is 0. The maximum absolute atomic E-state index is 9.59. The summed E-state index contributed by atoms with van der Waals surface area (Å²) in [4.78, 5) is 0. The Hall–Kier alpha value is -1.49. The highest BCUT2D eigenvalue weighted by molar-refractivity contribution is 5.53. The first-order valence-electron chi connectivity index (χ1n) is 6.81. The van der Waals surface area contributed by atoms with E-state index in [-0.39, 0.29) is 5.54 Å². The zero-order valence-corrected chi connectivity index (χ0v) is 11.5. The highest BCUT2D eigenvalue weighted by Crippen LogP contribution is 2.38. The molecule has 2 rings (SSSR count). The minimum Gasteiger partial charge on any atom is -0.367 e. The lowest BCUT2D eigenvalue weighted by molar-refractivity contribution is 0.226. The van der Waals surface area contributed by atoms with E-state index in [1.807, 2.05) is 12.1 Å². The molecular weight excluding hydrogens is 220 g/mol. The van der Waals surface area contributed by atoms with Crippen LogP contribution in [0.25, 0.3) is 0 Å². The molecule has 96 valence electrons. The maximum Gasteiger partial charge on any atom is 0.125 e. The van der Waals surface area contributed by atoms with Crippen molar-refractivity contribution < 1.29 is 0 Å². The molecule has 1 fully saturated rings. The SMILES string of the molecule is Cc1ccccc1NC1(C#N)CCC(C)C(C)C1. The smallest absolute Gasteiger partial charge is 0.125 e. The number of nitrogens with zero attached hydrogens (tertiary/aromatic N) is 1. The first-order valence-corrected chi connectivity index (χ1v) is 6.81. The minimum absolute atomic E-state index is 0.377. The van der Waals surface area contributed by atoms with Crippen LogP contribution in [0.5, 0.6) is 0 Å². The van der Waals surface area contributed by atoms with E-state index in [0.717, 1.165) is 30.9 Å². The Labute approximate surface area is 110 Å². The lowest BCUT2D eigenvalue weighted by Gasteiger charge is -2.39. The number of nitriles is 1. The molecular formula is C16H22N2. The van der Waals surface area contributed by atoms with Crippen molar-refractivity contribution in [3.63, 3.8) is 0 Å². The third-order valence-electron chi connectivity index (χ3n) is 4.40. The van der Waals surface area contributed by atoms with E-state index in [0.29, 0.717) is 5.92 Å². The van der Waals surface area contributed by atoms with Crippen LogP contribution in [0.4, 0.5) is 5.69 Å². The van der Waals surface area contributed by atoms with Gasteiger partial charge in [0.2, 0.25) is 0 Å². The maximum atomic E-state index is 9.59. The van der Waals surface area contributed by atoms with Crippen LogP contribution in [0, 0.1) is 30.1 Å². The monoisotopic (exact) mass is 242 g/mol. The lowest BCUT2D eigenvalue weighted by atomic mass is 9.72. The predicted molar refractivity (Wildman–Crippen MR) is 75.3 cm³/mol. The fourth-order valence-corrected chi connectivity index (χ4v) is 2.83. The molecule has 0 bridgehead atoms. The molecule has 3 atom stereocenters. The van der Waals surface area contributed by atoms with E-state index in [4.69, 9.17) is 0 Å². The van der Waals surface area contributed by atoms with E-state index < -0.39 is 0 Å². The van der Waals surface area contributed by atoms with Crippen molar-refractivity contribution in [1.82, 2.24) is 0 Å². The molecule has 0 saturated heterocycles. The Morgan fingerprint density at radius 1 is 1.28 bits per heavy atom. The van der Waals surface area contributed by atoms with Crippen molar-refractivity contribution in [1.29, 1.82) is 5.26 Å². The standard InChI is InChI=1S/C16H22N2/c1-12-8-9-16(11-17,10-14(12)3)18-15-7-5-4-6-13(15)2/h4-7,12,14,18H,8-10H2,1-3H3. The molecule has 0 spiro atoms. The Kier molecular flexibility index (Phi) is 3.61. The summed E-state index contributed by atoms with van der Waals surface area (Å²) in [6.07, 6.45) is 3.02. The van der Waals surface area contributed by atoms with E-state index in [1.54, 1.807) is 0 Å². The number of rotatable bonds is 2. The molecule has 1 aromatic rings. The largest absolute Gasteiger partial charge is 0.367 e. The van der Waals surface area contributed by atoms with Gasteiger partial charge in [-0.2, -0.15) is 5.26 Å². The topological polar surface area (TPSA) is 35.8 Å². The first-order chi connectivity index (χ1) is 8.56. The first kappa shape index (κ1) is 13.0. The van der Waals surface area contributed by atoms with Gasteiger partial charge in [-0.3, -0.25) is 0 Å². The van der Waals surface area contributed by atoms with Crippen molar-refractivity contribution in [2.24, 2.45) is 11.8 Å². The summed E-state index contributed by atoms with van der Waals surface area (Å²) in [6.45, 7) is 6.64. The summed E-state index contributed by atoms with van der Waals surface area (Å²) in [5.74, 6) is 1.33. The molecule has 0 aliphatic heterocycles. The van der Waals surface area contributed by atoms with Crippen LogP contribution in [0.2, 0.25) is 0 Å². The van der Waals surface area contributed by atoms with Gasteiger partial charge in [0.25, 0.3) is 0 Å². The fraction of sp³-hybridized carbons (Fsp3) is 0.562. The van der Waals surface area contributed by atoms with Gasteiger partial charge in [0.05, 0.1) is 6.07 Å². The van der Waals surface area contributed by atoms with Crippen molar-refractivity contribution in [2.75, 3.05) is 5.32 Å². The molecule has 1 aromatic carbocycles. The second-order valence-electron chi connectivity index (χ2n) is 5.83. The van der Waals surface area contributed by atoms with Gasteiger partial charge >= 0.3 is 0 Å². The fourth-order valence-electron chi connectivity index (χ4n) is 2.83.